The highest BCUT2D eigenvalue weighted by Crippen LogP contribution is 2.11. The van der Waals surface area contributed by atoms with Crippen LogP contribution in [0.4, 0.5) is 11.9 Å². The fraction of sp³-hybridized carbons (Fsp3) is 0.538. The number of nitrogens with two attached hydrogens (primary N) is 1. The quantitative estimate of drug-likeness (QED) is 0.828. The number of likely N-dealkylation sites (tertiary alicyclic amines) is 1. The third-order valence-corrected chi connectivity index (χ3v) is 3.48. The largest absolute Gasteiger partial charge is 0.368 e. The molecule has 0 spiro atoms. The van der Waals surface area contributed by atoms with Crippen molar-refractivity contribution in [1.82, 2.24) is 29.4 Å². The first kappa shape index (κ1) is 13.7. The fourth-order valence-corrected chi connectivity index (χ4v) is 2.56. The van der Waals surface area contributed by atoms with Crippen molar-refractivity contribution in [2.24, 2.45) is 0 Å². The Morgan fingerprint density at radius 1 is 1.29 bits per heavy atom. The number of anilines is 2. The Morgan fingerprint density at radius 2 is 2.10 bits per heavy atom. The van der Waals surface area contributed by atoms with Gasteiger partial charge in [0.25, 0.3) is 0 Å². The minimum Gasteiger partial charge on any atom is -0.368 e. The van der Waals surface area contributed by atoms with Crippen LogP contribution in [-0.4, -0.2) is 55.1 Å². The zero-order valence-electron chi connectivity index (χ0n) is 12.1. The molecule has 21 heavy (non-hydrogen) atoms. The van der Waals surface area contributed by atoms with Crippen LogP contribution < -0.4 is 11.1 Å². The van der Waals surface area contributed by atoms with E-state index in [0.717, 1.165) is 6.54 Å². The smallest absolute Gasteiger partial charge is 0.241 e. The van der Waals surface area contributed by atoms with E-state index >= 15 is 0 Å². The molecule has 1 aliphatic rings. The van der Waals surface area contributed by atoms with Crippen LogP contribution in [0.15, 0.2) is 18.7 Å². The molecular weight excluding hydrogens is 268 g/mol. The number of hydrogen-bond acceptors (Lipinski definition) is 7. The topological polar surface area (TPSA) is 97.8 Å². The fourth-order valence-electron chi connectivity index (χ4n) is 2.56. The van der Waals surface area contributed by atoms with E-state index in [-0.39, 0.29) is 12.0 Å². The minimum atomic E-state index is 0.199. The van der Waals surface area contributed by atoms with Crippen LogP contribution in [-0.2, 0) is 0 Å². The Morgan fingerprint density at radius 3 is 2.81 bits per heavy atom. The second-order valence-electron chi connectivity index (χ2n) is 5.34. The van der Waals surface area contributed by atoms with Crippen LogP contribution in [0.1, 0.15) is 19.8 Å². The normalized spacial score (nSPS) is 17.0. The molecule has 0 bridgehead atoms. The van der Waals surface area contributed by atoms with Gasteiger partial charge in [-0.25, -0.2) is 4.98 Å². The predicted molar refractivity (Wildman–Crippen MR) is 80.1 cm³/mol. The molecule has 112 valence electrons. The zero-order chi connectivity index (χ0) is 14.7. The van der Waals surface area contributed by atoms with Crippen molar-refractivity contribution in [3.63, 3.8) is 0 Å². The Hall–Kier alpha value is -2.22. The van der Waals surface area contributed by atoms with E-state index in [0.29, 0.717) is 11.9 Å². The summed E-state index contributed by atoms with van der Waals surface area (Å²) in [6.45, 7) is 5.44. The maximum Gasteiger partial charge on any atom is 0.241 e. The second kappa shape index (κ2) is 6.04. The summed E-state index contributed by atoms with van der Waals surface area (Å²) in [5.74, 6) is 1.17. The standard InChI is InChI=1S/C13H20N8/c1-10(8-20-5-2-3-6-20)16-12-17-11(14)18-13(19-12)21-7-4-15-9-21/h4,7,9-10H,2-3,5-6,8H2,1H3,(H3,14,16,17,18,19). The van der Waals surface area contributed by atoms with E-state index in [9.17, 15) is 0 Å². The van der Waals surface area contributed by atoms with Gasteiger partial charge in [-0.15, -0.1) is 0 Å². The van der Waals surface area contributed by atoms with Gasteiger partial charge in [-0.2, -0.15) is 15.0 Å². The lowest BCUT2D eigenvalue weighted by molar-refractivity contribution is 0.327. The lowest BCUT2D eigenvalue weighted by Gasteiger charge is -2.21. The van der Waals surface area contributed by atoms with Gasteiger partial charge in [-0.3, -0.25) is 4.57 Å². The summed E-state index contributed by atoms with van der Waals surface area (Å²) in [6.07, 6.45) is 7.65. The maximum absolute atomic E-state index is 5.76. The molecule has 1 fully saturated rings. The van der Waals surface area contributed by atoms with E-state index < -0.39 is 0 Å². The summed E-state index contributed by atoms with van der Waals surface area (Å²) in [7, 11) is 0. The van der Waals surface area contributed by atoms with Gasteiger partial charge in [0, 0.05) is 25.0 Å². The van der Waals surface area contributed by atoms with Gasteiger partial charge in [-0.05, 0) is 32.9 Å². The first-order valence-electron chi connectivity index (χ1n) is 7.19. The van der Waals surface area contributed by atoms with Crippen LogP contribution in [0.2, 0.25) is 0 Å². The molecule has 3 N–H and O–H groups in total. The highest BCUT2D eigenvalue weighted by atomic mass is 15.3. The molecule has 0 radical (unpaired) electrons. The average molecular weight is 288 g/mol. The summed E-state index contributed by atoms with van der Waals surface area (Å²) < 4.78 is 1.70. The van der Waals surface area contributed by atoms with E-state index in [1.165, 1.54) is 25.9 Å². The van der Waals surface area contributed by atoms with Gasteiger partial charge in [-0.1, -0.05) is 0 Å². The third kappa shape index (κ3) is 3.46. The van der Waals surface area contributed by atoms with Gasteiger partial charge in [0.2, 0.25) is 17.8 Å². The molecule has 2 aromatic rings. The van der Waals surface area contributed by atoms with E-state index in [1.807, 2.05) is 0 Å². The first-order valence-corrected chi connectivity index (χ1v) is 7.19. The van der Waals surface area contributed by atoms with Crippen LogP contribution in [0.25, 0.3) is 5.95 Å². The van der Waals surface area contributed by atoms with E-state index in [1.54, 1.807) is 23.3 Å². The molecule has 1 atom stereocenters. The Balaban J connectivity index is 1.69. The van der Waals surface area contributed by atoms with Gasteiger partial charge in [0.15, 0.2) is 0 Å². The highest BCUT2D eigenvalue weighted by Gasteiger charge is 2.15. The summed E-state index contributed by atoms with van der Waals surface area (Å²) in [6, 6.07) is 0.250. The molecular formula is C13H20N8. The number of nitrogens with zero attached hydrogens (tertiary/aromatic N) is 6. The van der Waals surface area contributed by atoms with Crippen LogP contribution in [0, 0.1) is 0 Å². The van der Waals surface area contributed by atoms with Gasteiger partial charge < -0.3 is 16.0 Å². The number of hydrogen-bond donors (Lipinski definition) is 2. The molecule has 8 nitrogen and oxygen atoms in total. The third-order valence-electron chi connectivity index (χ3n) is 3.48. The second-order valence-corrected chi connectivity index (χ2v) is 5.34. The van der Waals surface area contributed by atoms with Crippen LogP contribution >= 0.6 is 0 Å². The zero-order valence-corrected chi connectivity index (χ0v) is 12.1. The van der Waals surface area contributed by atoms with Crippen molar-refractivity contribution in [2.75, 3.05) is 30.7 Å². The summed E-state index contributed by atoms with van der Waals surface area (Å²) in [5.41, 5.74) is 5.76. The number of nitrogen functional groups attached to an aromatic ring is 1. The Bertz CT molecular complexity index is 576. The van der Waals surface area contributed by atoms with E-state index in [2.05, 4.69) is 37.1 Å². The predicted octanol–water partition coefficient (Wildman–Crippen LogP) is 0.536. The minimum absolute atomic E-state index is 0.199. The Labute approximate surface area is 123 Å². The number of nitrogens with one attached hydrogen (secondary N) is 1. The van der Waals surface area contributed by atoms with Gasteiger partial charge >= 0.3 is 0 Å². The van der Waals surface area contributed by atoms with E-state index in [4.69, 9.17) is 5.73 Å². The van der Waals surface area contributed by atoms with Crippen molar-refractivity contribution in [3.8, 4) is 5.95 Å². The summed E-state index contributed by atoms with van der Waals surface area (Å²) in [4.78, 5) is 19.1. The molecule has 3 heterocycles. The molecule has 1 aliphatic heterocycles. The molecule has 0 amide bonds. The van der Waals surface area contributed by atoms with Crippen molar-refractivity contribution < 1.29 is 0 Å². The molecule has 3 rings (SSSR count). The maximum atomic E-state index is 5.76. The highest BCUT2D eigenvalue weighted by molar-refractivity contribution is 5.35. The molecule has 2 aromatic heterocycles. The number of aromatic nitrogens is 5. The van der Waals surface area contributed by atoms with Crippen molar-refractivity contribution >= 4 is 11.9 Å². The SMILES string of the molecule is CC(CN1CCCC1)Nc1nc(N)nc(-n2ccnc2)n1. The molecule has 0 saturated carbocycles. The number of imidazole rings is 1. The summed E-state index contributed by atoms with van der Waals surface area (Å²) in [5, 5.41) is 3.29. The van der Waals surface area contributed by atoms with Crippen LogP contribution in [0.5, 0.6) is 0 Å². The van der Waals surface area contributed by atoms with Crippen molar-refractivity contribution in [1.29, 1.82) is 0 Å². The summed E-state index contributed by atoms with van der Waals surface area (Å²) >= 11 is 0. The lowest BCUT2D eigenvalue weighted by atomic mass is 10.3. The van der Waals surface area contributed by atoms with Crippen molar-refractivity contribution in [2.45, 2.75) is 25.8 Å². The lowest BCUT2D eigenvalue weighted by Crippen LogP contribution is -2.33. The van der Waals surface area contributed by atoms with Crippen LogP contribution in [0.3, 0.4) is 0 Å². The molecule has 0 aromatic carbocycles. The van der Waals surface area contributed by atoms with Crippen molar-refractivity contribution in [3.05, 3.63) is 18.7 Å². The molecule has 0 aliphatic carbocycles. The first-order chi connectivity index (χ1) is 10.2. The average Bonchev–Trinajstić information content (AvgIpc) is 3.10. The molecule has 1 unspecified atom stereocenters. The molecule has 1 saturated heterocycles. The molecule has 8 heteroatoms. The monoisotopic (exact) mass is 288 g/mol. The van der Waals surface area contributed by atoms with Gasteiger partial charge in [0.05, 0.1) is 0 Å². The van der Waals surface area contributed by atoms with Gasteiger partial charge in [0.1, 0.15) is 6.33 Å². The Kier molecular flexibility index (Phi) is 3.96. The number of rotatable bonds is 5.